The van der Waals surface area contributed by atoms with Gasteiger partial charge in [0.05, 0.1) is 5.56 Å². The van der Waals surface area contributed by atoms with Crippen molar-refractivity contribution in [3.63, 3.8) is 0 Å². The van der Waals surface area contributed by atoms with Gasteiger partial charge >= 0.3 is 6.18 Å². The van der Waals surface area contributed by atoms with Crippen molar-refractivity contribution >= 4 is 12.1 Å². The summed E-state index contributed by atoms with van der Waals surface area (Å²) in [4.78, 5) is 17.4. The van der Waals surface area contributed by atoms with Crippen LogP contribution in [0.15, 0.2) is 54.9 Å². The highest BCUT2D eigenvalue weighted by atomic mass is 19.4. The second-order valence-electron chi connectivity index (χ2n) is 7.45. The molecule has 0 spiro atoms. The minimum atomic E-state index is -4.44. The fourth-order valence-corrected chi connectivity index (χ4v) is 4.13. The molecule has 30 heavy (non-hydrogen) atoms. The largest absolute Gasteiger partial charge is 0.417 e. The lowest BCUT2D eigenvalue weighted by Crippen LogP contribution is -2.18. The molecule has 0 radical (unpaired) electrons. The van der Waals surface area contributed by atoms with Crippen LogP contribution in [-0.4, -0.2) is 17.9 Å². The third-order valence-corrected chi connectivity index (χ3v) is 5.44. The number of alkyl halides is 3. The summed E-state index contributed by atoms with van der Waals surface area (Å²) in [6.45, 7) is 2.73. The molecule has 0 N–H and O–H groups in total. The Bertz CT molecular complexity index is 1090. The van der Waals surface area contributed by atoms with Gasteiger partial charge in [-0.15, -0.1) is 0 Å². The number of benzene rings is 2. The lowest BCUT2D eigenvalue weighted by atomic mass is 9.94. The zero-order chi connectivity index (χ0) is 21.3. The van der Waals surface area contributed by atoms with Gasteiger partial charge < -0.3 is 4.90 Å². The second kappa shape index (κ2) is 7.94. The first-order chi connectivity index (χ1) is 14.4. The van der Waals surface area contributed by atoms with Gasteiger partial charge in [-0.05, 0) is 59.4 Å². The number of hydrogen-bond donors (Lipinski definition) is 0. The first kappa shape index (κ1) is 20.1. The number of nitrogens with zero attached hydrogens (tertiary/aromatic N) is 2. The highest BCUT2D eigenvalue weighted by Crippen LogP contribution is 2.39. The summed E-state index contributed by atoms with van der Waals surface area (Å²) in [5.74, 6) is 0. The zero-order valence-corrected chi connectivity index (χ0v) is 16.5. The van der Waals surface area contributed by atoms with Gasteiger partial charge in [0.25, 0.3) is 0 Å². The van der Waals surface area contributed by atoms with Crippen LogP contribution in [0.4, 0.5) is 18.9 Å². The molecule has 4 rings (SSSR count). The Morgan fingerprint density at radius 1 is 1.07 bits per heavy atom. The number of carbonyl (C=O) groups is 1. The van der Waals surface area contributed by atoms with E-state index >= 15 is 0 Å². The quantitative estimate of drug-likeness (QED) is 0.490. The van der Waals surface area contributed by atoms with E-state index in [0.717, 1.165) is 59.7 Å². The van der Waals surface area contributed by atoms with E-state index in [-0.39, 0.29) is 5.56 Å². The van der Waals surface area contributed by atoms with Crippen LogP contribution in [0.1, 0.15) is 30.0 Å². The maximum Gasteiger partial charge on any atom is 0.417 e. The summed E-state index contributed by atoms with van der Waals surface area (Å²) in [5.41, 5.74) is 4.67. The number of fused-ring (bicyclic) bond motifs is 1. The molecule has 0 fully saturated rings. The Morgan fingerprint density at radius 2 is 1.83 bits per heavy atom. The van der Waals surface area contributed by atoms with Crippen LogP contribution in [0.25, 0.3) is 22.3 Å². The lowest BCUT2D eigenvalue weighted by Gasteiger charge is -2.17. The predicted molar refractivity (Wildman–Crippen MR) is 111 cm³/mol. The Hall–Kier alpha value is -3.15. The van der Waals surface area contributed by atoms with E-state index in [1.165, 1.54) is 18.3 Å². The molecule has 0 saturated heterocycles. The summed E-state index contributed by atoms with van der Waals surface area (Å²) in [6.07, 6.45) is 2.08. The number of anilines is 1. The van der Waals surface area contributed by atoms with Gasteiger partial charge in [0.1, 0.15) is 0 Å². The molecule has 1 aromatic heterocycles. The summed E-state index contributed by atoms with van der Waals surface area (Å²) in [7, 11) is 0. The van der Waals surface area contributed by atoms with E-state index in [2.05, 4.69) is 11.9 Å². The van der Waals surface area contributed by atoms with E-state index in [4.69, 9.17) is 0 Å². The molecule has 2 heterocycles. The van der Waals surface area contributed by atoms with Crippen LogP contribution >= 0.6 is 0 Å². The van der Waals surface area contributed by atoms with Crippen LogP contribution in [-0.2, 0) is 23.8 Å². The molecule has 0 bridgehead atoms. The SMILES string of the molecule is CCCc1cc(-c2cncc(-c3ccccc3C(F)(F)F)c2)cc2c1N(C=O)CC2. The second-order valence-corrected chi connectivity index (χ2v) is 7.45. The van der Waals surface area contributed by atoms with Gasteiger partial charge in [-0.3, -0.25) is 9.78 Å². The van der Waals surface area contributed by atoms with E-state index in [0.29, 0.717) is 12.1 Å². The van der Waals surface area contributed by atoms with Crippen LogP contribution in [0.2, 0.25) is 0 Å². The molecule has 0 aliphatic carbocycles. The molecule has 3 aromatic rings. The van der Waals surface area contributed by atoms with Crippen molar-refractivity contribution in [3.8, 4) is 22.3 Å². The van der Waals surface area contributed by atoms with Crippen LogP contribution in [0.3, 0.4) is 0 Å². The monoisotopic (exact) mass is 410 g/mol. The highest BCUT2D eigenvalue weighted by Gasteiger charge is 2.33. The van der Waals surface area contributed by atoms with Gasteiger partial charge in [0.2, 0.25) is 6.41 Å². The van der Waals surface area contributed by atoms with Crippen molar-refractivity contribution in [3.05, 3.63) is 71.5 Å². The Morgan fingerprint density at radius 3 is 2.57 bits per heavy atom. The molecular formula is C24H21F3N2O. The van der Waals surface area contributed by atoms with E-state index in [9.17, 15) is 18.0 Å². The molecule has 6 heteroatoms. The summed E-state index contributed by atoms with van der Waals surface area (Å²) in [5, 5.41) is 0. The molecule has 0 saturated carbocycles. The van der Waals surface area contributed by atoms with Crippen LogP contribution < -0.4 is 4.90 Å². The maximum absolute atomic E-state index is 13.5. The van der Waals surface area contributed by atoms with E-state index in [1.54, 1.807) is 23.2 Å². The summed E-state index contributed by atoms with van der Waals surface area (Å²) in [6, 6.07) is 11.3. The minimum absolute atomic E-state index is 0.112. The zero-order valence-electron chi connectivity index (χ0n) is 16.5. The molecule has 1 aliphatic heterocycles. The van der Waals surface area contributed by atoms with Gasteiger partial charge in [-0.2, -0.15) is 13.2 Å². The number of aromatic nitrogens is 1. The molecule has 3 nitrogen and oxygen atoms in total. The number of pyridine rings is 1. The molecular weight excluding hydrogens is 389 g/mol. The molecule has 2 aromatic carbocycles. The van der Waals surface area contributed by atoms with Gasteiger partial charge in [0.15, 0.2) is 0 Å². The maximum atomic E-state index is 13.5. The molecule has 1 aliphatic rings. The average molecular weight is 410 g/mol. The molecule has 0 unspecified atom stereocenters. The summed E-state index contributed by atoms with van der Waals surface area (Å²) < 4.78 is 40.4. The number of rotatable bonds is 5. The first-order valence-electron chi connectivity index (χ1n) is 9.92. The minimum Gasteiger partial charge on any atom is -0.314 e. The van der Waals surface area contributed by atoms with Crippen molar-refractivity contribution in [1.82, 2.24) is 4.98 Å². The lowest BCUT2D eigenvalue weighted by molar-refractivity contribution is -0.137. The third kappa shape index (κ3) is 3.70. The third-order valence-electron chi connectivity index (χ3n) is 5.44. The molecule has 0 atom stereocenters. The Kier molecular flexibility index (Phi) is 5.33. The van der Waals surface area contributed by atoms with Gasteiger partial charge in [-0.25, -0.2) is 0 Å². The van der Waals surface area contributed by atoms with Crippen LogP contribution in [0, 0.1) is 0 Å². The smallest absolute Gasteiger partial charge is 0.314 e. The van der Waals surface area contributed by atoms with Crippen molar-refractivity contribution in [2.24, 2.45) is 0 Å². The number of aryl methyl sites for hydroxylation is 1. The van der Waals surface area contributed by atoms with E-state index < -0.39 is 11.7 Å². The first-order valence-corrected chi connectivity index (χ1v) is 9.92. The summed E-state index contributed by atoms with van der Waals surface area (Å²) >= 11 is 0. The van der Waals surface area contributed by atoms with Gasteiger partial charge in [-0.1, -0.05) is 31.5 Å². The van der Waals surface area contributed by atoms with Crippen molar-refractivity contribution in [2.75, 3.05) is 11.4 Å². The van der Waals surface area contributed by atoms with E-state index in [1.807, 2.05) is 12.1 Å². The molecule has 154 valence electrons. The Labute approximate surface area is 173 Å². The topological polar surface area (TPSA) is 33.2 Å². The highest BCUT2D eigenvalue weighted by molar-refractivity contribution is 5.85. The Balaban J connectivity index is 1.81. The normalized spacial score (nSPS) is 13.4. The standard InChI is InChI=1S/C24H21F3N2O/c1-2-5-16-10-18(11-17-8-9-29(15-30)23(16)17)19-12-20(14-28-13-19)21-6-3-4-7-22(21)24(25,26)27/h3-4,6-7,10-15H,2,5,8-9H2,1H3. The fourth-order valence-electron chi connectivity index (χ4n) is 4.13. The van der Waals surface area contributed by atoms with Crippen molar-refractivity contribution in [1.29, 1.82) is 0 Å². The predicted octanol–water partition coefficient (Wildman–Crippen LogP) is 5.91. The van der Waals surface area contributed by atoms with Crippen molar-refractivity contribution in [2.45, 2.75) is 32.4 Å². The number of amides is 1. The van der Waals surface area contributed by atoms with Crippen molar-refractivity contribution < 1.29 is 18.0 Å². The van der Waals surface area contributed by atoms with Gasteiger partial charge in [0, 0.05) is 35.8 Å². The number of halogens is 3. The molecule has 1 amide bonds. The fraction of sp³-hybridized carbons (Fsp3) is 0.250. The number of carbonyl (C=O) groups excluding carboxylic acids is 1. The number of hydrogen-bond acceptors (Lipinski definition) is 2. The van der Waals surface area contributed by atoms with Crippen LogP contribution in [0.5, 0.6) is 0 Å². The average Bonchev–Trinajstić information content (AvgIpc) is 3.17.